The molecule has 20 heavy (non-hydrogen) atoms. The van der Waals surface area contributed by atoms with Crippen molar-refractivity contribution in [3.8, 4) is 0 Å². The third-order valence-electron chi connectivity index (χ3n) is 1.75. The normalized spacial score (nSPS) is 11.7. The van der Waals surface area contributed by atoms with Crippen LogP contribution < -0.4 is 5.32 Å². The summed E-state index contributed by atoms with van der Waals surface area (Å²) in [6.45, 7) is 1.90. The van der Waals surface area contributed by atoms with E-state index in [1.54, 1.807) is 0 Å². The molecule has 0 atom stereocenters. The number of esters is 1. The first-order valence-electron chi connectivity index (χ1n) is 5.15. The molecule has 1 amide bonds. The average molecular weight is 305 g/mol. The van der Waals surface area contributed by atoms with Gasteiger partial charge in [0.2, 0.25) is 0 Å². The first-order valence-corrected chi connectivity index (χ1v) is 5.15. The van der Waals surface area contributed by atoms with Gasteiger partial charge in [-0.3, -0.25) is 0 Å². The van der Waals surface area contributed by atoms with Gasteiger partial charge in [0.25, 0.3) is 0 Å². The maximum Gasteiger partial charge on any atom is 0.456 e. The first-order chi connectivity index (χ1) is 8.97. The molecule has 0 rings (SSSR count). The van der Waals surface area contributed by atoms with Gasteiger partial charge in [-0.25, -0.2) is 9.59 Å². The van der Waals surface area contributed by atoms with Crippen molar-refractivity contribution in [2.24, 2.45) is 0 Å². The lowest BCUT2D eigenvalue weighted by Gasteiger charge is -2.19. The predicted octanol–water partition coefficient (Wildman–Crippen LogP) is 2.03. The van der Waals surface area contributed by atoms with E-state index >= 15 is 0 Å². The van der Waals surface area contributed by atoms with Gasteiger partial charge >= 0.3 is 24.2 Å². The highest BCUT2D eigenvalue weighted by Gasteiger charge is 2.58. The standard InChI is InChI=1S/C10H12F5NO4/c1-6(2)7(17)19-4-3-16-8(18)20-5-9(11,12)10(13,14)15/h1,3-5H2,2H3,(H,16,18). The summed E-state index contributed by atoms with van der Waals surface area (Å²) in [6.07, 6.45) is -7.29. The summed E-state index contributed by atoms with van der Waals surface area (Å²) < 4.78 is 68.1. The Bertz CT molecular complexity index is 380. The zero-order valence-corrected chi connectivity index (χ0v) is 10.4. The molecule has 0 saturated heterocycles. The molecular formula is C10H12F5NO4. The fraction of sp³-hybridized carbons (Fsp3) is 0.600. The lowest BCUT2D eigenvalue weighted by Crippen LogP contribution is -2.42. The molecule has 0 heterocycles. The molecule has 0 aliphatic carbocycles. The minimum atomic E-state index is -5.80. The Morgan fingerprint density at radius 2 is 1.70 bits per heavy atom. The van der Waals surface area contributed by atoms with Crippen LogP contribution in [-0.2, 0) is 14.3 Å². The number of alkyl halides is 5. The number of rotatable bonds is 6. The number of hydrogen-bond donors (Lipinski definition) is 1. The molecule has 0 fully saturated rings. The van der Waals surface area contributed by atoms with Crippen LogP contribution in [0.1, 0.15) is 6.92 Å². The average Bonchev–Trinajstić information content (AvgIpc) is 2.30. The number of halogens is 5. The summed E-state index contributed by atoms with van der Waals surface area (Å²) in [7, 11) is 0. The van der Waals surface area contributed by atoms with Crippen LogP contribution in [0.3, 0.4) is 0 Å². The lowest BCUT2D eigenvalue weighted by molar-refractivity contribution is -0.292. The summed E-state index contributed by atoms with van der Waals surface area (Å²) in [5.74, 6) is -5.86. The molecule has 0 aromatic heterocycles. The van der Waals surface area contributed by atoms with Crippen molar-refractivity contribution in [2.75, 3.05) is 19.8 Å². The zero-order valence-electron chi connectivity index (χ0n) is 10.4. The van der Waals surface area contributed by atoms with Crippen LogP contribution in [-0.4, -0.2) is 43.9 Å². The maximum absolute atomic E-state index is 12.4. The van der Waals surface area contributed by atoms with Crippen LogP contribution in [0.25, 0.3) is 0 Å². The maximum atomic E-state index is 12.4. The van der Waals surface area contributed by atoms with Crippen molar-refractivity contribution < 1.29 is 41.0 Å². The molecule has 0 radical (unpaired) electrons. The second-order valence-electron chi connectivity index (χ2n) is 3.62. The third kappa shape index (κ3) is 6.34. The molecule has 1 N–H and O–H groups in total. The van der Waals surface area contributed by atoms with Gasteiger partial charge in [-0.2, -0.15) is 22.0 Å². The number of alkyl carbamates (subject to hydrolysis) is 1. The Balaban J connectivity index is 3.92. The van der Waals surface area contributed by atoms with Gasteiger partial charge in [-0.1, -0.05) is 6.58 Å². The zero-order chi connectivity index (χ0) is 16.0. The van der Waals surface area contributed by atoms with Gasteiger partial charge in [-0.05, 0) is 6.92 Å². The van der Waals surface area contributed by atoms with Gasteiger partial charge in [-0.15, -0.1) is 0 Å². The van der Waals surface area contributed by atoms with E-state index in [0.717, 1.165) is 0 Å². The van der Waals surface area contributed by atoms with E-state index in [1.165, 1.54) is 6.92 Å². The van der Waals surface area contributed by atoms with E-state index < -0.39 is 30.8 Å². The van der Waals surface area contributed by atoms with Crippen molar-refractivity contribution in [2.45, 2.75) is 19.0 Å². The molecule has 5 nitrogen and oxygen atoms in total. The van der Waals surface area contributed by atoms with E-state index in [4.69, 9.17) is 0 Å². The van der Waals surface area contributed by atoms with Gasteiger partial charge in [0.15, 0.2) is 6.61 Å². The summed E-state index contributed by atoms with van der Waals surface area (Å²) in [4.78, 5) is 21.7. The first kappa shape index (κ1) is 18.1. The molecule has 0 aliphatic heterocycles. The number of carbonyl (C=O) groups excluding carboxylic acids is 2. The fourth-order valence-electron chi connectivity index (χ4n) is 0.709. The molecule has 116 valence electrons. The lowest BCUT2D eigenvalue weighted by atomic mass is 10.3. The van der Waals surface area contributed by atoms with Crippen LogP contribution in [0.2, 0.25) is 0 Å². The smallest absolute Gasteiger partial charge is 0.456 e. The van der Waals surface area contributed by atoms with Gasteiger partial charge in [0, 0.05) is 5.57 Å². The van der Waals surface area contributed by atoms with Crippen LogP contribution in [0.4, 0.5) is 26.7 Å². The fourth-order valence-corrected chi connectivity index (χ4v) is 0.709. The topological polar surface area (TPSA) is 64.6 Å². The Morgan fingerprint density at radius 1 is 1.15 bits per heavy atom. The molecule has 0 aliphatic rings. The molecule has 0 saturated carbocycles. The Kier molecular flexibility index (Phi) is 6.40. The van der Waals surface area contributed by atoms with Gasteiger partial charge in [0.05, 0.1) is 6.54 Å². The molecule has 0 aromatic carbocycles. The van der Waals surface area contributed by atoms with Crippen LogP contribution in [0, 0.1) is 0 Å². The molecule has 0 spiro atoms. The molecule has 0 bridgehead atoms. The van der Waals surface area contributed by atoms with Crippen molar-refractivity contribution >= 4 is 12.1 Å². The second kappa shape index (κ2) is 7.06. The quantitative estimate of drug-likeness (QED) is 0.353. The monoisotopic (exact) mass is 305 g/mol. The third-order valence-corrected chi connectivity index (χ3v) is 1.75. The summed E-state index contributed by atoms with van der Waals surface area (Å²) in [5.41, 5.74) is 0.109. The number of carbonyl (C=O) groups is 2. The minimum absolute atomic E-state index is 0.109. The largest absolute Gasteiger partial charge is 0.460 e. The minimum Gasteiger partial charge on any atom is -0.460 e. The van der Waals surface area contributed by atoms with Gasteiger partial charge in [0.1, 0.15) is 6.61 Å². The summed E-state index contributed by atoms with van der Waals surface area (Å²) in [5, 5.41) is 1.83. The molecule has 10 heteroatoms. The van der Waals surface area contributed by atoms with Crippen molar-refractivity contribution in [1.29, 1.82) is 0 Å². The number of hydrogen-bond acceptors (Lipinski definition) is 4. The van der Waals surface area contributed by atoms with E-state index in [2.05, 4.69) is 16.1 Å². The van der Waals surface area contributed by atoms with Crippen LogP contribution in [0.5, 0.6) is 0 Å². The van der Waals surface area contributed by atoms with Gasteiger partial charge < -0.3 is 14.8 Å². The molecule has 0 unspecified atom stereocenters. The van der Waals surface area contributed by atoms with E-state index in [9.17, 15) is 31.5 Å². The highest BCUT2D eigenvalue weighted by molar-refractivity contribution is 5.86. The number of amides is 1. The Labute approximate surface area is 110 Å². The molecular weight excluding hydrogens is 293 g/mol. The SMILES string of the molecule is C=C(C)C(=O)OCCNC(=O)OCC(F)(F)C(F)(F)F. The van der Waals surface area contributed by atoms with Crippen molar-refractivity contribution in [3.63, 3.8) is 0 Å². The second-order valence-corrected chi connectivity index (χ2v) is 3.62. The van der Waals surface area contributed by atoms with E-state index in [1.807, 2.05) is 5.32 Å². The Morgan fingerprint density at radius 3 is 2.15 bits per heavy atom. The summed E-state index contributed by atoms with van der Waals surface area (Å²) >= 11 is 0. The van der Waals surface area contributed by atoms with Crippen LogP contribution in [0.15, 0.2) is 12.2 Å². The highest BCUT2D eigenvalue weighted by atomic mass is 19.4. The predicted molar refractivity (Wildman–Crippen MR) is 56.1 cm³/mol. The number of nitrogens with one attached hydrogen (secondary N) is 1. The van der Waals surface area contributed by atoms with E-state index in [0.29, 0.717) is 0 Å². The number of ether oxygens (including phenoxy) is 2. The van der Waals surface area contributed by atoms with Crippen LogP contribution >= 0.6 is 0 Å². The van der Waals surface area contributed by atoms with E-state index in [-0.39, 0.29) is 18.7 Å². The molecule has 0 aromatic rings. The highest BCUT2D eigenvalue weighted by Crippen LogP contribution is 2.35. The van der Waals surface area contributed by atoms with Crippen molar-refractivity contribution in [1.82, 2.24) is 5.32 Å². The Hall–Kier alpha value is -1.87. The van der Waals surface area contributed by atoms with Crippen molar-refractivity contribution in [3.05, 3.63) is 12.2 Å². The summed E-state index contributed by atoms with van der Waals surface area (Å²) in [6, 6.07) is 0.